The lowest BCUT2D eigenvalue weighted by atomic mass is 10.1. The van der Waals surface area contributed by atoms with E-state index in [4.69, 9.17) is 21.7 Å². The van der Waals surface area contributed by atoms with E-state index in [0.29, 0.717) is 16.9 Å². The molecule has 0 radical (unpaired) electrons. The maximum Gasteiger partial charge on any atom is 0.326 e. The average molecular weight is 570 g/mol. The molecule has 0 unspecified atom stereocenters. The van der Waals surface area contributed by atoms with Crippen LogP contribution in [-0.2, 0) is 25.7 Å². The number of carbonyl (C=O) groups excluding carboxylic acids is 2. The van der Waals surface area contributed by atoms with E-state index in [2.05, 4.69) is 35.9 Å². The Labute approximate surface area is 231 Å². The Morgan fingerprint density at radius 3 is 2.07 bits per heavy atom. The molecule has 10 N–H and O–H groups in total. The number of anilines is 3. The number of carboxylic acids is 3. The van der Waals surface area contributed by atoms with E-state index in [1.165, 1.54) is 18.3 Å². The topological polar surface area (TPSA) is 286 Å². The second-order valence-corrected chi connectivity index (χ2v) is 8.72. The molecular weight excluding hydrogens is 542 g/mol. The molecule has 2 amide bonds. The Balaban J connectivity index is 1.64. The Hall–Kier alpha value is -5.61. The minimum atomic E-state index is -1.54. The summed E-state index contributed by atoms with van der Waals surface area (Å²) in [5.74, 6) is -5.56. The Bertz CT molecular complexity index is 1470. The van der Waals surface area contributed by atoms with Gasteiger partial charge in [0.2, 0.25) is 11.9 Å². The zero-order valence-corrected chi connectivity index (χ0v) is 21.4. The van der Waals surface area contributed by atoms with Crippen molar-refractivity contribution >= 4 is 58.3 Å². The fourth-order valence-corrected chi connectivity index (χ4v) is 3.58. The zero-order chi connectivity index (χ0) is 30.1. The minimum absolute atomic E-state index is 0.0201. The van der Waals surface area contributed by atoms with Gasteiger partial charge in [-0.15, -0.1) is 0 Å². The molecular formula is C24H27N9O8. The van der Waals surface area contributed by atoms with Crippen molar-refractivity contribution in [3.05, 3.63) is 41.7 Å². The lowest BCUT2D eigenvalue weighted by molar-refractivity contribution is -0.143. The molecule has 0 saturated heterocycles. The van der Waals surface area contributed by atoms with Crippen molar-refractivity contribution in [1.82, 2.24) is 30.6 Å². The van der Waals surface area contributed by atoms with Gasteiger partial charge in [-0.05, 0) is 37.1 Å². The summed E-state index contributed by atoms with van der Waals surface area (Å²) in [6, 6.07) is 3.15. The first kappa shape index (κ1) is 29.9. The summed E-state index contributed by atoms with van der Waals surface area (Å²) in [4.78, 5) is 75.1. The van der Waals surface area contributed by atoms with E-state index in [1.807, 2.05) is 0 Å². The number of nitrogens with two attached hydrogens (primary N) is 2. The molecule has 0 aliphatic heterocycles. The number of nitrogen functional groups attached to an aromatic ring is 2. The number of benzene rings is 1. The third-order valence-electron chi connectivity index (χ3n) is 5.65. The Kier molecular flexibility index (Phi) is 9.82. The lowest BCUT2D eigenvalue weighted by Crippen LogP contribution is -2.51. The number of carboxylic acid groups (broad SMARTS) is 3. The molecule has 216 valence electrons. The number of aliphatic carboxylic acids is 3. The van der Waals surface area contributed by atoms with Gasteiger partial charge in [-0.25, -0.2) is 14.8 Å². The van der Waals surface area contributed by atoms with Gasteiger partial charge in [-0.1, -0.05) is 0 Å². The van der Waals surface area contributed by atoms with Crippen LogP contribution in [0.2, 0.25) is 0 Å². The fraction of sp³-hybridized carbons (Fsp3) is 0.292. The highest BCUT2D eigenvalue weighted by Gasteiger charge is 2.27. The van der Waals surface area contributed by atoms with Gasteiger partial charge in [0.25, 0.3) is 5.91 Å². The van der Waals surface area contributed by atoms with Crippen LogP contribution in [0.3, 0.4) is 0 Å². The summed E-state index contributed by atoms with van der Waals surface area (Å²) >= 11 is 0. The number of amides is 2. The highest BCUT2D eigenvalue weighted by Crippen LogP contribution is 2.16. The zero-order valence-electron chi connectivity index (χ0n) is 21.4. The van der Waals surface area contributed by atoms with Gasteiger partial charge in [0, 0.05) is 24.1 Å². The van der Waals surface area contributed by atoms with Crippen molar-refractivity contribution in [2.75, 3.05) is 16.8 Å². The molecule has 17 heteroatoms. The van der Waals surface area contributed by atoms with Crippen LogP contribution in [-0.4, -0.2) is 77.1 Å². The van der Waals surface area contributed by atoms with Crippen LogP contribution in [0.25, 0.3) is 11.2 Å². The number of nitrogens with zero attached hydrogens (tertiary/aromatic N) is 4. The summed E-state index contributed by atoms with van der Waals surface area (Å²) < 4.78 is 0. The van der Waals surface area contributed by atoms with E-state index < -0.39 is 61.1 Å². The summed E-state index contributed by atoms with van der Waals surface area (Å²) in [6.07, 6.45) is -0.245. The van der Waals surface area contributed by atoms with Crippen molar-refractivity contribution < 1.29 is 39.3 Å². The monoisotopic (exact) mass is 569 g/mol. The number of nitrogens with one attached hydrogen (secondary N) is 3. The standard InChI is InChI=1S/C24H27N9O8/c25-19-18-20(33-24(26)32-19)28-10-13(29-18)9-27-12-3-1-11(2-4-12)21(38)30-14(5-7-16(34)35)22(39)31-15(23(40)41)6-8-17(36)37/h1-4,10,14-15,27H,5-9H2,(H,30,38)(H,31,39)(H,34,35)(H,36,37)(H,40,41)(H4,25,26,28,32,33)/t14-,15-/m0/s1. The second kappa shape index (κ2) is 13.5. The molecule has 0 saturated carbocycles. The van der Waals surface area contributed by atoms with E-state index >= 15 is 0 Å². The molecule has 2 heterocycles. The molecule has 2 atom stereocenters. The van der Waals surface area contributed by atoms with Crippen molar-refractivity contribution in [3.8, 4) is 0 Å². The average Bonchev–Trinajstić information content (AvgIpc) is 2.91. The predicted molar refractivity (Wildman–Crippen MR) is 142 cm³/mol. The molecule has 3 aromatic rings. The number of rotatable bonds is 14. The van der Waals surface area contributed by atoms with Gasteiger partial charge in [0.05, 0.1) is 18.4 Å². The molecule has 3 rings (SSSR count). The van der Waals surface area contributed by atoms with Crippen LogP contribution >= 0.6 is 0 Å². The predicted octanol–water partition coefficient (Wildman–Crippen LogP) is -0.406. The van der Waals surface area contributed by atoms with Crippen molar-refractivity contribution in [2.45, 2.75) is 44.3 Å². The van der Waals surface area contributed by atoms with E-state index in [1.54, 1.807) is 12.1 Å². The maximum absolute atomic E-state index is 12.8. The molecule has 2 aromatic heterocycles. The van der Waals surface area contributed by atoms with Crippen molar-refractivity contribution in [2.24, 2.45) is 0 Å². The molecule has 0 spiro atoms. The lowest BCUT2D eigenvalue weighted by Gasteiger charge is -2.21. The van der Waals surface area contributed by atoms with Gasteiger partial charge < -0.3 is 42.7 Å². The SMILES string of the molecule is Nc1nc(N)c2nc(CNc3ccc(C(=O)N[C@@H](CCC(=O)O)C(=O)N[C@@H](CCC(=O)O)C(=O)O)cc3)cnc2n1. The minimum Gasteiger partial charge on any atom is -0.481 e. The first-order chi connectivity index (χ1) is 19.4. The second-order valence-electron chi connectivity index (χ2n) is 8.72. The number of fused-ring (bicyclic) bond motifs is 1. The van der Waals surface area contributed by atoms with Crippen LogP contribution < -0.4 is 27.4 Å². The van der Waals surface area contributed by atoms with Crippen molar-refractivity contribution in [1.29, 1.82) is 0 Å². The molecule has 17 nitrogen and oxygen atoms in total. The van der Waals surface area contributed by atoms with Gasteiger partial charge in [0.1, 0.15) is 12.1 Å². The van der Waals surface area contributed by atoms with Crippen LogP contribution in [0.4, 0.5) is 17.5 Å². The molecule has 1 aromatic carbocycles. The Morgan fingerprint density at radius 1 is 0.829 bits per heavy atom. The number of carbonyl (C=O) groups is 5. The van der Waals surface area contributed by atoms with Gasteiger partial charge in [-0.2, -0.15) is 9.97 Å². The van der Waals surface area contributed by atoms with Gasteiger partial charge in [0.15, 0.2) is 17.0 Å². The summed E-state index contributed by atoms with van der Waals surface area (Å²) in [6.45, 7) is 0.238. The highest BCUT2D eigenvalue weighted by atomic mass is 16.4. The molecule has 0 aliphatic rings. The summed E-state index contributed by atoms with van der Waals surface area (Å²) in [5.41, 5.74) is 13.2. The van der Waals surface area contributed by atoms with Crippen LogP contribution in [0.1, 0.15) is 41.7 Å². The van der Waals surface area contributed by atoms with E-state index in [9.17, 15) is 29.1 Å². The maximum atomic E-state index is 12.8. The summed E-state index contributed by atoms with van der Waals surface area (Å²) in [5, 5.41) is 34.8. The fourth-order valence-electron chi connectivity index (χ4n) is 3.58. The highest BCUT2D eigenvalue weighted by molar-refractivity contribution is 5.98. The van der Waals surface area contributed by atoms with Crippen LogP contribution in [0.15, 0.2) is 30.5 Å². The van der Waals surface area contributed by atoms with Crippen LogP contribution in [0, 0.1) is 0 Å². The third-order valence-corrected chi connectivity index (χ3v) is 5.65. The first-order valence-electron chi connectivity index (χ1n) is 12.1. The Morgan fingerprint density at radius 2 is 1.46 bits per heavy atom. The smallest absolute Gasteiger partial charge is 0.326 e. The number of hydrogen-bond acceptors (Lipinski definition) is 12. The molecule has 0 fully saturated rings. The quantitative estimate of drug-likeness (QED) is 0.122. The van der Waals surface area contributed by atoms with E-state index in [0.717, 1.165) is 0 Å². The van der Waals surface area contributed by atoms with Crippen molar-refractivity contribution in [3.63, 3.8) is 0 Å². The summed E-state index contributed by atoms with van der Waals surface area (Å²) in [7, 11) is 0. The number of hydrogen-bond donors (Lipinski definition) is 8. The van der Waals surface area contributed by atoms with E-state index in [-0.39, 0.29) is 35.9 Å². The molecule has 41 heavy (non-hydrogen) atoms. The first-order valence-corrected chi connectivity index (χ1v) is 12.1. The largest absolute Gasteiger partial charge is 0.481 e. The molecule has 0 bridgehead atoms. The third kappa shape index (κ3) is 8.70. The van der Waals surface area contributed by atoms with Crippen LogP contribution in [0.5, 0.6) is 0 Å². The number of aromatic nitrogens is 4. The molecule has 0 aliphatic carbocycles. The van der Waals surface area contributed by atoms with Gasteiger partial charge >= 0.3 is 17.9 Å². The van der Waals surface area contributed by atoms with Gasteiger partial charge in [-0.3, -0.25) is 19.2 Å². The normalized spacial score (nSPS) is 12.2.